The van der Waals surface area contributed by atoms with Crippen LogP contribution in [-0.2, 0) is 30.1 Å². The first-order valence-corrected chi connectivity index (χ1v) is 9.14. The lowest BCUT2D eigenvalue weighted by molar-refractivity contribution is 0.164. The molecule has 0 atom stereocenters. The smallest absolute Gasteiger partial charge is 0.286 e. The molecule has 0 aromatic rings. The molecule has 0 amide bonds. The lowest BCUT2D eigenvalue weighted by Gasteiger charge is -2.24. The molecule has 0 aromatic heterocycles. The minimum Gasteiger partial charge on any atom is -0.286 e. The first-order valence-electron chi connectivity index (χ1n) is 4.44. The fraction of sp³-hybridized carbons (Fsp3) is 1.00. The first kappa shape index (κ1) is 18.6. The molecule has 8 nitrogen and oxygen atoms in total. The van der Waals surface area contributed by atoms with Crippen molar-refractivity contribution in [1.82, 2.24) is 0 Å². The zero-order chi connectivity index (χ0) is 15.9. The third-order valence-corrected chi connectivity index (χ3v) is 6.84. The fourth-order valence-corrected chi connectivity index (χ4v) is 5.27. The molecule has 19 heavy (non-hydrogen) atoms. The van der Waals surface area contributed by atoms with Crippen LogP contribution in [0, 0.1) is 5.41 Å². The standard InChI is InChI=1S/C6H12F2O8S3/c1-5(2,4-18(11,12)13)3-17(9,10)6(7,8)19(14,15)16/h3-4H2,1-2H3,(H,11,12,13)(H,14,15,16). The highest BCUT2D eigenvalue weighted by atomic mass is 32.3. The Kier molecular flexibility index (Phi) is 4.78. The Morgan fingerprint density at radius 3 is 1.53 bits per heavy atom. The summed E-state index contributed by atoms with van der Waals surface area (Å²) in [6.07, 6.45) is 0. The van der Waals surface area contributed by atoms with Gasteiger partial charge in [-0.2, -0.15) is 25.6 Å². The summed E-state index contributed by atoms with van der Waals surface area (Å²) in [5.74, 6) is -2.76. The average Bonchev–Trinajstić information content (AvgIpc) is 1.92. The Morgan fingerprint density at radius 2 is 1.26 bits per heavy atom. The number of hydrogen-bond acceptors (Lipinski definition) is 6. The minimum atomic E-state index is -6.21. The number of hydrogen-bond donors (Lipinski definition) is 2. The summed E-state index contributed by atoms with van der Waals surface area (Å²) in [5.41, 5.74) is -1.89. The molecule has 0 rings (SSSR count). The molecule has 0 fully saturated rings. The van der Waals surface area contributed by atoms with Gasteiger partial charge in [-0.05, 0) is 5.41 Å². The molecular weight excluding hydrogens is 334 g/mol. The Hall–Kier alpha value is -0.370. The zero-order valence-electron chi connectivity index (χ0n) is 9.74. The highest BCUT2D eigenvalue weighted by Gasteiger charge is 2.58. The van der Waals surface area contributed by atoms with Crippen molar-refractivity contribution < 1.29 is 43.1 Å². The lowest BCUT2D eigenvalue weighted by Crippen LogP contribution is -2.43. The molecule has 0 spiro atoms. The molecule has 2 N–H and O–H groups in total. The molecule has 13 heteroatoms. The van der Waals surface area contributed by atoms with Crippen LogP contribution in [0.2, 0.25) is 0 Å². The van der Waals surface area contributed by atoms with Gasteiger partial charge in [0.1, 0.15) is 0 Å². The zero-order valence-corrected chi connectivity index (χ0v) is 12.2. The molecule has 0 aliphatic heterocycles. The van der Waals surface area contributed by atoms with Gasteiger partial charge < -0.3 is 0 Å². The van der Waals surface area contributed by atoms with E-state index in [4.69, 9.17) is 9.11 Å². The largest absolute Gasteiger partial charge is 0.470 e. The van der Waals surface area contributed by atoms with Gasteiger partial charge in [-0.3, -0.25) is 9.11 Å². The van der Waals surface area contributed by atoms with Crippen LogP contribution in [0.5, 0.6) is 0 Å². The van der Waals surface area contributed by atoms with E-state index in [-0.39, 0.29) is 0 Å². The molecule has 0 bridgehead atoms. The molecule has 0 saturated heterocycles. The summed E-state index contributed by atoms with van der Waals surface area (Å²) in [4.78, 5) is 0. The second kappa shape index (κ2) is 4.87. The van der Waals surface area contributed by atoms with E-state index in [9.17, 15) is 34.0 Å². The lowest BCUT2D eigenvalue weighted by atomic mass is 10.0. The fourth-order valence-electron chi connectivity index (χ4n) is 1.29. The minimum absolute atomic E-state index is 0.915. The predicted octanol–water partition coefficient (Wildman–Crippen LogP) is -0.247. The molecule has 0 radical (unpaired) electrons. The van der Waals surface area contributed by atoms with Crippen molar-refractivity contribution in [1.29, 1.82) is 0 Å². The highest BCUT2D eigenvalue weighted by molar-refractivity contribution is 8.07. The number of alkyl halides is 2. The SMILES string of the molecule is CC(C)(CS(=O)(=O)O)CS(=O)(=O)C(F)(F)S(=O)(=O)O. The van der Waals surface area contributed by atoms with Crippen LogP contribution < -0.4 is 0 Å². The summed E-state index contributed by atoms with van der Waals surface area (Å²) < 4.78 is 102. The Balaban J connectivity index is 5.53. The van der Waals surface area contributed by atoms with Crippen molar-refractivity contribution in [3.05, 3.63) is 0 Å². The summed E-state index contributed by atoms with van der Waals surface area (Å²) in [7, 11) is -16.6. The van der Waals surface area contributed by atoms with Crippen LogP contribution in [0.15, 0.2) is 0 Å². The molecule has 116 valence electrons. The Bertz CT molecular complexity index is 643. The molecular formula is C6H12F2O8S3. The van der Waals surface area contributed by atoms with E-state index >= 15 is 0 Å². The van der Waals surface area contributed by atoms with Crippen LogP contribution >= 0.6 is 0 Å². The maximum absolute atomic E-state index is 13.0. The normalized spacial score (nSPS) is 15.5. The number of sulfone groups is 1. The van der Waals surface area contributed by atoms with Gasteiger partial charge >= 0.3 is 14.7 Å². The van der Waals surface area contributed by atoms with E-state index in [1.807, 2.05) is 0 Å². The van der Waals surface area contributed by atoms with Crippen LogP contribution in [0.3, 0.4) is 0 Å². The average molecular weight is 346 g/mol. The number of halogens is 2. The molecule has 0 aliphatic carbocycles. The van der Waals surface area contributed by atoms with Gasteiger partial charge in [-0.15, -0.1) is 0 Å². The van der Waals surface area contributed by atoms with Crippen LogP contribution in [0.4, 0.5) is 8.78 Å². The van der Waals surface area contributed by atoms with E-state index in [0.29, 0.717) is 0 Å². The van der Waals surface area contributed by atoms with Crippen molar-refractivity contribution in [3.63, 3.8) is 0 Å². The molecule has 0 heterocycles. The van der Waals surface area contributed by atoms with Gasteiger partial charge in [0, 0.05) is 0 Å². The van der Waals surface area contributed by atoms with E-state index in [0.717, 1.165) is 13.8 Å². The second-order valence-corrected chi connectivity index (χ2v) is 9.79. The van der Waals surface area contributed by atoms with Crippen LogP contribution in [0.25, 0.3) is 0 Å². The van der Waals surface area contributed by atoms with Crippen molar-refractivity contribution in [2.75, 3.05) is 11.5 Å². The molecule has 0 saturated carbocycles. The van der Waals surface area contributed by atoms with Gasteiger partial charge in [0.2, 0.25) is 9.84 Å². The van der Waals surface area contributed by atoms with Crippen molar-refractivity contribution >= 4 is 30.1 Å². The monoisotopic (exact) mass is 346 g/mol. The van der Waals surface area contributed by atoms with Gasteiger partial charge in [-0.1, -0.05) is 13.8 Å². The first-order chi connectivity index (χ1) is 7.91. The summed E-state index contributed by atoms with van der Waals surface area (Å²) in [6, 6.07) is 0. The van der Waals surface area contributed by atoms with E-state index in [1.54, 1.807) is 0 Å². The molecule has 0 aliphatic rings. The summed E-state index contributed by atoms with van der Waals surface area (Å²) in [5, 5.41) is 0. The number of rotatable bonds is 6. The van der Waals surface area contributed by atoms with Crippen molar-refractivity contribution in [3.8, 4) is 0 Å². The molecule has 0 aromatic carbocycles. The van der Waals surface area contributed by atoms with Crippen LogP contribution in [0.1, 0.15) is 13.8 Å². The van der Waals surface area contributed by atoms with E-state index in [1.165, 1.54) is 0 Å². The maximum atomic E-state index is 13.0. The quantitative estimate of drug-likeness (QED) is 0.627. The van der Waals surface area contributed by atoms with Gasteiger partial charge in [0.05, 0.1) is 11.5 Å². The summed E-state index contributed by atoms with van der Waals surface area (Å²) >= 11 is 0. The Labute approximate surface area is 109 Å². The van der Waals surface area contributed by atoms with Gasteiger partial charge in [0.25, 0.3) is 10.1 Å². The van der Waals surface area contributed by atoms with E-state index < -0.39 is 51.6 Å². The molecule has 0 unspecified atom stereocenters. The second-order valence-electron chi connectivity index (χ2n) is 4.59. The predicted molar refractivity (Wildman–Crippen MR) is 60.5 cm³/mol. The van der Waals surface area contributed by atoms with Crippen LogP contribution in [-0.4, -0.2) is 50.5 Å². The maximum Gasteiger partial charge on any atom is 0.470 e. The highest BCUT2D eigenvalue weighted by Crippen LogP contribution is 2.33. The Morgan fingerprint density at radius 1 is 0.895 bits per heavy atom. The van der Waals surface area contributed by atoms with Crippen molar-refractivity contribution in [2.24, 2.45) is 5.41 Å². The third-order valence-electron chi connectivity index (χ3n) is 1.82. The topological polar surface area (TPSA) is 143 Å². The third kappa shape index (κ3) is 4.91. The van der Waals surface area contributed by atoms with Crippen molar-refractivity contribution in [2.45, 2.75) is 18.4 Å². The van der Waals surface area contributed by atoms with Gasteiger partial charge in [-0.25, -0.2) is 8.42 Å². The summed E-state index contributed by atoms with van der Waals surface area (Å²) in [6.45, 7) is 1.83. The van der Waals surface area contributed by atoms with E-state index in [2.05, 4.69) is 0 Å². The van der Waals surface area contributed by atoms with Gasteiger partial charge in [0.15, 0.2) is 0 Å².